The van der Waals surface area contributed by atoms with Gasteiger partial charge in [-0.15, -0.1) is 0 Å². The summed E-state index contributed by atoms with van der Waals surface area (Å²) in [6.07, 6.45) is 1.62. The Morgan fingerprint density at radius 2 is 1.00 bits per heavy atom. The van der Waals surface area contributed by atoms with Crippen molar-refractivity contribution >= 4 is 11.9 Å². The minimum Gasteiger partial charge on any atom is -0.481 e. The molecule has 0 saturated carbocycles. The first-order valence-corrected chi connectivity index (χ1v) is 10.1. The van der Waals surface area contributed by atoms with Crippen molar-refractivity contribution in [2.24, 2.45) is 0 Å². The summed E-state index contributed by atoms with van der Waals surface area (Å²) in [6, 6.07) is 22.2. The first kappa shape index (κ1) is 27.3. The zero-order valence-electron chi connectivity index (χ0n) is 18.5. The molecule has 0 aliphatic heterocycles. The molecule has 0 aliphatic rings. The zero-order valence-corrected chi connectivity index (χ0v) is 18.5. The van der Waals surface area contributed by atoms with Gasteiger partial charge in [-0.05, 0) is 51.9 Å². The van der Waals surface area contributed by atoms with Crippen LogP contribution in [0.2, 0.25) is 0 Å². The molecule has 0 bridgehead atoms. The summed E-state index contributed by atoms with van der Waals surface area (Å²) >= 11 is 0. The number of carboxylic acid groups (broad SMARTS) is 2. The van der Waals surface area contributed by atoms with Gasteiger partial charge in [0.2, 0.25) is 0 Å². The molecule has 30 heavy (non-hydrogen) atoms. The van der Waals surface area contributed by atoms with Gasteiger partial charge in [-0.2, -0.15) is 0 Å². The van der Waals surface area contributed by atoms with Crippen LogP contribution in [-0.2, 0) is 22.4 Å². The number of rotatable bonds is 9. The molecule has 2 aromatic rings. The molecule has 0 aromatic heterocycles. The molecule has 2 atom stereocenters. The number of aliphatic carboxylic acids is 2. The molecular weight excluding hydrogens is 380 g/mol. The van der Waals surface area contributed by atoms with Crippen LogP contribution in [0.25, 0.3) is 0 Å². The number of hydrogen-bond acceptors (Lipinski definition) is 4. The van der Waals surface area contributed by atoms with Gasteiger partial charge in [0.1, 0.15) is 0 Å². The van der Waals surface area contributed by atoms with Gasteiger partial charge in [0, 0.05) is 12.1 Å². The highest BCUT2D eigenvalue weighted by Gasteiger charge is 2.00. The highest BCUT2D eigenvalue weighted by Crippen LogP contribution is 2.02. The van der Waals surface area contributed by atoms with Crippen molar-refractivity contribution in [2.45, 2.75) is 51.6 Å². The Morgan fingerprint density at radius 3 is 1.23 bits per heavy atom. The molecule has 2 aromatic carbocycles. The largest absolute Gasteiger partial charge is 0.481 e. The first-order chi connectivity index (χ1) is 14.3. The van der Waals surface area contributed by atoms with Crippen molar-refractivity contribution in [3.05, 3.63) is 71.8 Å². The molecule has 166 valence electrons. The second-order valence-electron chi connectivity index (χ2n) is 7.05. The van der Waals surface area contributed by atoms with E-state index >= 15 is 0 Å². The molecular formula is C24H36N2O4. The van der Waals surface area contributed by atoms with Gasteiger partial charge in [-0.1, -0.05) is 60.7 Å². The quantitative estimate of drug-likeness (QED) is 0.498. The maximum atomic E-state index is 9.64. The maximum Gasteiger partial charge on any atom is 0.303 e. The molecule has 0 saturated heterocycles. The van der Waals surface area contributed by atoms with E-state index in [1.807, 2.05) is 26.2 Å². The van der Waals surface area contributed by atoms with E-state index in [1.54, 1.807) is 0 Å². The normalized spacial score (nSPS) is 11.7. The van der Waals surface area contributed by atoms with Crippen molar-refractivity contribution in [2.75, 3.05) is 14.1 Å². The summed E-state index contributed by atoms with van der Waals surface area (Å²) in [6.45, 7) is 4.38. The van der Waals surface area contributed by atoms with Crippen molar-refractivity contribution < 1.29 is 19.8 Å². The summed E-state index contributed by atoms with van der Waals surface area (Å²) in [5, 5.41) is 22.2. The number of carbonyl (C=O) groups is 2. The number of carboxylic acids is 2. The number of likely N-dealkylation sites (N-methyl/N-ethyl adjacent to an activating group) is 2. The van der Waals surface area contributed by atoms with E-state index in [0.717, 1.165) is 12.8 Å². The van der Waals surface area contributed by atoms with Crippen LogP contribution in [0.15, 0.2) is 60.7 Å². The van der Waals surface area contributed by atoms with E-state index in [0.29, 0.717) is 12.1 Å². The molecule has 4 N–H and O–H groups in total. The number of hydrogen-bond donors (Lipinski definition) is 4. The summed E-state index contributed by atoms with van der Waals surface area (Å²) in [4.78, 5) is 19.3. The van der Waals surface area contributed by atoms with Crippen LogP contribution >= 0.6 is 0 Å². The van der Waals surface area contributed by atoms with Gasteiger partial charge in [-0.3, -0.25) is 9.59 Å². The molecule has 2 rings (SSSR count). The highest BCUT2D eigenvalue weighted by molar-refractivity contribution is 5.75. The van der Waals surface area contributed by atoms with Crippen molar-refractivity contribution in [1.82, 2.24) is 10.6 Å². The minimum atomic E-state index is -1.08. The average molecular weight is 417 g/mol. The Morgan fingerprint density at radius 1 is 0.700 bits per heavy atom. The summed E-state index contributed by atoms with van der Waals surface area (Å²) in [5.41, 5.74) is 2.80. The lowest BCUT2D eigenvalue weighted by Gasteiger charge is -2.08. The van der Waals surface area contributed by atoms with Gasteiger partial charge in [0.05, 0.1) is 12.8 Å². The monoisotopic (exact) mass is 416 g/mol. The van der Waals surface area contributed by atoms with Crippen LogP contribution in [0.3, 0.4) is 0 Å². The van der Waals surface area contributed by atoms with E-state index in [9.17, 15) is 9.59 Å². The fraction of sp³-hybridized carbons (Fsp3) is 0.417. The van der Waals surface area contributed by atoms with Crippen molar-refractivity contribution in [3.8, 4) is 0 Å². The lowest BCUT2D eigenvalue weighted by atomic mass is 10.1. The Kier molecular flexibility index (Phi) is 15.6. The van der Waals surface area contributed by atoms with Crippen LogP contribution in [-0.4, -0.2) is 48.3 Å². The van der Waals surface area contributed by atoms with Gasteiger partial charge >= 0.3 is 11.9 Å². The van der Waals surface area contributed by atoms with Gasteiger partial charge in [-0.25, -0.2) is 0 Å². The topological polar surface area (TPSA) is 98.7 Å². The molecule has 6 nitrogen and oxygen atoms in total. The van der Waals surface area contributed by atoms with Gasteiger partial charge in [0.15, 0.2) is 0 Å². The predicted molar refractivity (Wildman–Crippen MR) is 122 cm³/mol. The molecule has 0 heterocycles. The SMILES string of the molecule is CNC(C)Cc1ccccc1.CNC(C)Cc1ccccc1.O=C(O)CCC(=O)O. The van der Waals surface area contributed by atoms with Crippen LogP contribution in [0.5, 0.6) is 0 Å². The molecule has 0 amide bonds. The fourth-order valence-corrected chi connectivity index (χ4v) is 2.35. The molecule has 0 radical (unpaired) electrons. The smallest absolute Gasteiger partial charge is 0.303 e. The molecule has 6 heteroatoms. The predicted octanol–water partition coefficient (Wildman–Crippen LogP) is 3.61. The van der Waals surface area contributed by atoms with Crippen LogP contribution < -0.4 is 10.6 Å². The van der Waals surface area contributed by atoms with E-state index < -0.39 is 11.9 Å². The van der Waals surface area contributed by atoms with Crippen molar-refractivity contribution in [1.29, 1.82) is 0 Å². The lowest BCUT2D eigenvalue weighted by Crippen LogP contribution is -2.23. The second-order valence-corrected chi connectivity index (χ2v) is 7.05. The Bertz CT molecular complexity index is 631. The van der Waals surface area contributed by atoms with Crippen molar-refractivity contribution in [3.63, 3.8) is 0 Å². The third-order valence-electron chi connectivity index (χ3n) is 4.31. The molecule has 0 fully saturated rings. The molecule has 2 unspecified atom stereocenters. The van der Waals surface area contributed by atoms with E-state index in [2.05, 4.69) is 73.0 Å². The molecule has 0 spiro atoms. The Labute approximate surface area is 180 Å². The second kappa shape index (κ2) is 17.2. The minimum absolute atomic E-state index is 0.296. The maximum absolute atomic E-state index is 9.64. The number of nitrogens with one attached hydrogen (secondary N) is 2. The van der Waals surface area contributed by atoms with Crippen LogP contribution in [0.4, 0.5) is 0 Å². The highest BCUT2D eigenvalue weighted by atomic mass is 16.4. The number of benzene rings is 2. The lowest BCUT2D eigenvalue weighted by molar-refractivity contribution is -0.143. The zero-order chi connectivity index (χ0) is 22.8. The summed E-state index contributed by atoms with van der Waals surface area (Å²) in [5.74, 6) is -2.15. The third-order valence-corrected chi connectivity index (χ3v) is 4.31. The van der Waals surface area contributed by atoms with E-state index in [4.69, 9.17) is 10.2 Å². The standard InChI is InChI=1S/2C10H15N.C4H6O4/c2*1-9(11-2)8-10-6-4-3-5-7-10;5-3(6)1-2-4(7)8/h2*3-7,9,11H,8H2,1-2H3;1-2H2,(H,5,6)(H,7,8). The van der Waals surface area contributed by atoms with Crippen LogP contribution in [0.1, 0.15) is 37.8 Å². The average Bonchev–Trinajstić information content (AvgIpc) is 2.74. The van der Waals surface area contributed by atoms with Crippen LogP contribution in [0, 0.1) is 0 Å². The fourth-order valence-electron chi connectivity index (χ4n) is 2.35. The van der Waals surface area contributed by atoms with Gasteiger partial charge < -0.3 is 20.8 Å². The Hall–Kier alpha value is -2.70. The molecule has 0 aliphatic carbocycles. The van der Waals surface area contributed by atoms with E-state index in [-0.39, 0.29) is 12.8 Å². The summed E-state index contributed by atoms with van der Waals surface area (Å²) < 4.78 is 0. The third kappa shape index (κ3) is 16.3. The first-order valence-electron chi connectivity index (χ1n) is 10.1. The summed E-state index contributed by atoms with van der Waals surface area (Å²) in [7, 11) is 3.99. The Balaban J connectivity index is 0.000000428. The van der Waals surface area contributed by atoms with Gasteiger partial charge in [0.25, 0.3) is 0 Å². The van der Waals surface area contributed by atoms with E-state index in [1.165, 1.54) is 11.1 Å².